The van der Waals surface area contributed by atoms with Crippen LogP contribution < -0.4 is 97.3 Å². The van der Waals surface area contributed by atoms with Gasteiger partial charge in [-0.15, -0.1) is 0 Å². The Labute approximate surface area is 106 Å². The van der Waals surface area contributed by atoms with E-state index < -0.39 is 6.16 Å². The van der Waals surface area contributed by atoms with Gasteiger partial charge >= 0.3 is 80.9 Å². The third-order valence-electron chi connectivity index (χ3n) is 0. The summed E-state index contributed by atoms with van der Waals surface area (Å²) < 4.78 is 0. The normalized spacial score (nSPS) is 3.43. The summed E-state index contributed by atoms with van der Waals surface area (Å²) in [4.78, 5) is 8.33. The standard InChI is InChI=1S/CH2O3.K.H3N.Na/c2-1(3)4;;;/h(H2,2,3,4);;1H3;/q;+1;;+1/p-2. The van der Waals surface area contributed by atoms with E-state index in [1.165, 1.54) is 0 Å². The van der Waals surface area contributed by atoms with Crippen LogP contribution in [0.15, 0.2) is 0 Å². The summed E-state index contributed by atoms with van der Waals surface area (Å²) in [7, 11) is 0. The van der Waals surface area contributed by atoms with Crippen LogP contribution in [-0.4, -0.2) is 6.16 Å². The Bertz CT molecular complexity index is 37.9. The van der Waals surface area contributed by atoms with E-state index in [9.17, 15) is 0 Å². The molecule has 3 N–H and O–H groups in total. The molecule has 7 heavy (non-hydrogen) atoms. The van der Waals surface area contributed by atoms with E-state index in [0.717, 1.165) is 0 Å². The minimum Gasteiger partial charge on any atom is -0.652 e. The summed E-state index contributed by atoms with van der Waals surface area (Å²) in [5.41, 5.74) is 0. The van der Waals surface area contributed by atoms with Crippen molar-refractivity contribution >= 4 is 6.16 Å². The fraction of sp³-hybridized carbons (Fsp3) is 0. The van der Waals surface area contributed by atoms with Crippen LogP contribution in [0, 0.1) is 0 Å². The Balaban J connectivity index is -0.0000000150. The number of carbonyl (C=O) groups is 1. The van der Waals surface area contributed by atoms with Gasteiger partial charge in [-0.3, -0.25) is 0 Å². The van der Waals surface area contributed by atoms with E-state index in [0.29, 0.717) is 0 Å². The molecule has 0 aliphatic heterocycles. The van der Waals surface area contributed by atoms with Crippen LogP contribution in [-0.2, 0) is 0 Å². The summed E-state index contributed by atoms with van der Waals surface area (Å²) in [5, 5.41) is 16.7. The van der Waals surface area contributed by atoms with Crippen molar-refractivity contribution in [3.63, 3.8) is 0 Å². The van der Waals surface area contributed by atoms with Crippen molar-refractivity contribution in [1.82, 2.24) is 6.15 Å². The molecule has 0 unspecified atom stereocenters. The maximum absolute atomic E-state index is 8.33. The first kappa shape index (κ1) is 23.2. The summed E-state index contributed by atoms with van der Waals surface area (Å²) in [6, 6.07) is 0. The molecule has 0 aliphatic carbocycles. The second-order valence-corrected chi connectivity index (χ2v) is 0.250. The first-order valence-corrected chi connectivity index (χ1v) is 0.612. The van der Waals surface area contributed by atoms with Gasteiger partial charge in [-0.05, 0) is 6.16 Å². The SMILES string of the molecule is N.O=C([O-])[O-].[K+].[Na+]. The molecule has 0 bridgehead atoms. The first-order chi connectivity index (χ1) is 1.73. The molecule has 0 atom stereocenters. The fourth-order valence-electron chi connectivity index (χ4n) is 0. The van der Waals surface area contributed by atoms with Crippen LogP contribution in [0.1, 0.15) is 0 Å². The van der Waals surface area contributed by atoms with E-state index in [1.54, 1.807) is 0 Å². The van der Waals surface area contributed by atoms with Crippen molar-refractivity contribution < 1.29 is 95.9 Å². The smallest absolute Gasteiger partial charge is 0.652 e. The van der Waals surface area contributed by atoms with Gasteiger partial charge in [0.25, 0.3) is 0 Å². The van der Waals surface area contributed by atoms with Crippen molar-refractivity contribution in [3.8, 4) is 0 Å². The molecule has 4 nitrogen and oxygen atoms in total. The van der Waals surface area contributed by atoms with E-state index in [4.69, 9.17) is 15.0 Å². The van der Waals surface area contributed by atoms with Gasteiger partial charge in [0.05, 0.1) is 0 Å². The number of hydrogen-bond acceptors (Lipinski definition) is 4. The number of hydrogen-bond donors (Lipinski definition) is 1. The van der Waals surface area contributed by atoms with Gasteiger partial charge in [0.15, 0.2) is 0 Å². The molecule has 6 heteroatoms. The number of carboxylic acid groups (broad SMARTS) is 2. The maximum atomic E-state index is 8.33. The summed E-state index contributed by atoms with van der Waals surface area (Å²) in [5.74, 6) is 0. The molecule has 0 fully saturated rings. The zero-order chi connectivity index (χ0) is 3.58. The Morgan fingerprint density at radius 2 is 1.29 bits per heavy atom. The minimum atomic E-state index is -2.33. The average molecular weight is 139 g/mol. The van der Waals surface area contributed by atoms with E-state index in [1.807, 2.05) is 0 Å². The van der Waals surface area contributed by atoms with Crippen LogP contribution in [0.25, 0.3) is 0 Å². The van der Waals surface area contributed by atoms with Gasteiger partial charge in [0.1, 0.15) is 0 Å². The van der Waals surface area contributed by atoms with Gasteiger partial charge in [-0.2, -0.15) is 0 Å². The molecule has 0 amide bonds. The van der Waals surface area contributed by atoms with Gasteiger partial charge in [-0.25, -0.2) is 0 Å². The van der Waals surface area contributed by atoms with Crippen molar-refractivity contribution in [2.45, 2.75) is 0 Å². The largest absolute Gasteiger partial charge is 1.00 e. The number of carbonyl (C=O) groups excluding carboxylic acids is 1. The van der Waals surface area contributed by atoms with Gasteiger partial charge in [0, 0.05) is 0 Å². The predicted molar refractivity (Wildman–Crippen MR) is 10.4 cm³/mol. The summed E-state index contributed by atoms with van der Waals surface area (Å²) >= 11 is 0. The van der Waals surface area contributed by atoms with Gasteiger partial charge < -0.3 is 21.2 Å². The molecule has 0 rings (SSSR count). The van der Waals surface area contributed by atoms with E-state index in [2.05, 4.69) is 0 Å². The van der Waals surface area contributed by atoms with Crippen LogP contribution in [0.5, 0.6) is 0 Å². The van der Waals surface area contributed by atoms with Crippen molar-refractivity contribution in [3.05, 3.63) is 0 Å². The molecule has 0 aliphatic rings. The van der Waals surface area contributed by atoms with Gasteiger partial charge in [-0.1, -0.05) is 0 Å². The third kappa shape index (κ3) is 77.7. The molecular weight excluding hydrogens is 136 g/mol. The van der Waals surface area contributed by atoms with Crippen LogP contribution in [0.2, 0.25) is 0 Å². The second kappa shape index (κ2) is 15.7. The topological polar surface area (TPSA) is 98.2 Å². The van der Waals surface area contributed by atoms with E-state index >= 15 is 0 Å². The molecule has 0 saturated carbocycles. The third-order valence-corrected chi connectivity index (χ3v) is 0. The summed E-state index contributed by atoms with van der Waals surface area (Å²) in [6.45, 7) is 0. The number of rotatable bonds is 0. The maximum Gasteiger partial charge on any atom is 1.00 e. The van der Waals surface area contributed by atoms with Crippen molar-refractivity contribution in [2.75, 3.05) is 0 Å². The van der Waals surface area contributed by atoms with Crippen molar-refractivity contribution in [1.29, 1.82) is 0 Å². The van der Waals surface area contributed by atoms with Crippen LogP contribution >= 0.6 is 0 Å². The molecular formula is CH3KNNaO3. The Hall–Kier alpha value is 1.87. The fourth-order valence-corrected chi connectivity index (χ4v) is 0. The quantitative estimate of drug-likeness (QED) is 0.337. The van der Waals surface area contributed by atoms with Gasteiger partial charge in [0.2, 0.25) is 0 Å². The van der Waals surface area contributed by atoms with Crippen LogP contribution in [0.3, 0.4) is 0 Å². The Kier molecular flexibility index (Phi) is 51.8. The average Bonchev–Trinajstić information content (AvgIpc) is 0.811. The molecule has 0 saturated heterocycles. The van der Waals surface area contributed by atoms with Crippen molar-refractivity contribution in [2.24, 2.45) is 0 Å². The molecule has 0 heterocycles. The monoisotopic (exact) mass is 139 g/mol. The molecule has 0 radical (unpaired) electrons. The second-order valence-electron chi connectivity index (χ2n) is 0.250. The van der Waals surface area contributed by atoms with Crippen LogP contribution in [0.4, 0.5) is 4.79 Å². The molecule has 0 aromatic rings. The first-order valence-electron chi connectivity index (χ1n) is 0.612. The van der Waals surface area contributed by atoms with E-state index in [-0.39, 0.29) is 87.1 Å². The molecule has 0 aromatic heterocycles. The predicted octanol–water partition coefficient (Wildman–Crippen LogP) is -8.28. The Morgan fingerprint density at radius 3 is 1.29 bits per heavy atom. The summed E-state index contributed by atoms with van der Waals surface area (Å²) in [6.07, 6.45) is -2.33. The molecule has 0 spiro atoms. The zero-order valence-corrected chi connectivity index (χ0v) is 9.55. The minimum absolute atomic E-state index is 0. The zero-order valence-electron chi connectivity index (χ0n) is 4.43. The molecule has 32 valence electrons. The molecule has 0 aromatic carbocycles. The Morgan fingerprint density at radius 1 is 1.29 bits per heavy atom.